The van der Waals surface area contributed by atoms with E-state index in [0.717, 1.165) is 34.1 Å². The molecule has 0 amide bonds. The molecule has 0 saturated carbocycles. The second-order valence-electron chi connectivity index (χ2n) is 22.5. The van der Waals surface area contributed by atoms with Crippen molar-refractivity contribution in [3.8, 4) is 11.3 Å². The summed E-state index contributed by atoms with van der Waals surface area (Å²) >= 11 is 0. The van der Waals surface area contributed by atoms with Crippen molar-refractivity contribution in [3.05, 3.63) is 219 Å². The summed E-state index contributed by atoms with van der Waals surface area (Å²) in [5.74, 6) is 0.126. The van der Waals surface area contributed by atoms with Crippen molar-refractivity contribution in [2.45, 2.75) is 134 Å². The van der Waals surface area contributed by atoms with Gasteiger partial charge in [0.2, 0.25) is 23.5 Å². The first-order valence-electron chi connectivity index (χ1n) is 29.0. The van der Waals surface area contributed by atoms with Gasteiger partial charge in [0.05, 0.1) is 44.5 Å². The topological polar surface area (TPSA) is 20.9 Å². The van der Waals surface area contributed by atoms with Crippen LogP contribution in [-0.2, 0) is 62.4 Å². The zero-order valence-corrected chi connectivity index (χ0v) is 49.1. The molecule has 0 unspecified atom stereocenters. The Labute approximate surface area is 522 Å². The van der Waals surface area contributed by atoms with Crippen molar-refractivity contribution >= 4 is 44.7 Å². The standard InChI is InChI=1S/C35H42NO.C32H12BF24/c1-2-3-4-5-6-7-8-9-10-12-17-29-22-24-31(25-23-29)34-27-26-30-18-15-16-21-33(30)36(34)28-35(37)32-19-13-11-14-20-32;34-25(35,36)13-1-14(26(37,38)39)6-21(5-13)33(22-7-15(27(40,41)42)2-16(8-22)28(43,44)45,23-9-17(29(46,47)48)3-18(10-23)30(49,50)51)24-11-19(31(52,53)54)4-20(12-24)32(55,56)57/h11,13-16,18-27H,2-10,12,17,28H2,1H3;1-12H/q+1;-1. The highest BCUT2D eigenvalue weighted by Crippen LogP contribution is 2.42. The smallest absolute Gasteiger partial charge is 0.287 e. The number of nitrogens with zero attached hydrogens (tertiary/aromatic N) is 1. The van der Waals surface area contributed by atoms with E-state index in [1.807, 2.05) is 42.5 Å². The number of pyridine rings is 1. The second kappa shape index (κ2) is 28.5. The molecule has 0 fully saturated rings. The number of ketones is 1. The highest BCUT2D eigenvalue weighted by Gasteiger charge is 2.47. The van der Waals surface area contributed by atoms with Crippen molar-refractivity contribution in [1.82, 2.24) is 0 Å². The summed E-state index contributed by atoms with van der Waals surface area (Å²) in [6.45, 7) is 2.60. The fraction of sp³-hybridized carbons (Fsp3) is 0.313. The van der Waals surface area contributed by atoms with Crippen molar-refractivity contribution in [1.29, 1.82) is 0 Å². The third kappa shape index (κ3) is 18.3. The van der Waals surface area contributed by atoms with Crippen LogP contribution < -0.4 is 26.4 Å². The fourth-order valence-corrected chi connectivity index (χ4v) is 11.3. The van der Waals surface area contributed by atoms with Crippen molar-refractivity contribution in [2.75, 3.05) is 0 Å². The van der Waals surface area contributed by atoms with Crippen molar-refractivity contribution in [2.24, 2.45) is 0 Å². The Morgan fingerprint density at radius 1 is 0.340 bits per heavy atom. The lowest BCUT2D eigenvalue weighted by atomic mass is 9.12. The number of aryl methyl sites for hydroxylation is 1. The maximum Gasteiger partial charge on any atom is 0.416 e. The van der Waals surface area contributed by atoms with E-state index in [-0.39, 0.29) is 5.78 Å². The minimum Gasteiger partial charge on any atom is -0.287 e. The number of hydrogen-bond acceptors (Lipinski definition) is 1. The molecule has 0 N–H and O–H groups in total. The van der Waals surface area contributed by atoms with Crippen LogP contribution in [0, 0.1) is 0 Å². The Morgan fingerprint density at radius 2 is 0.649 bits per heavy atom. The number of carbonyl (C=O) groups excluding carboxylic acids is 1. The van der Waals surface area contributed by atoms with Crippen LogP contribution in [-0.4, -0.2) is 11.9 Å². The normalized spacial score (nSPS) is 13.1. The van der Waals surface area contributed by atoms with Gasteiger partial charge in [0.25, 0.3) is 0 Å². The van der Waals surface area contributed by atoms with Crippen LogP contribution in [0.3, 0.4) is 0 Å². The van der Waals surface area contributed by atoms with E-state index in [2.05, 4.69) is 60.0 Å². The van der Waals surface area contributed by atoms with E-state index < -0.39 is 195 Å². The van der Waals surface area contributed by atoms with Gasteiger partial charge in [-0.25, -0.2) is 0 Å². The number of halogens is 24. The lowest BCUT2D eigenvalue weighted by molar-refractivity contribution is -0.646. The van der Waals surface area contributed by atoms with E-state index in [4.69, 9.17) is 0 Å². The second-order valence-corrected chi connectivity index (χ2v) is 22.5. The van der Waals surface area contributed by atoms with Gasteiger partial charge in [-0.1, -0.05) is 168 Å². The molecule has 0 saturated heterocycles. The summed E-state index contributed by atoms with van der Waals surface area (Å²) in [5, 5.41) is 1.14. The van der Waals surface area contributed by atoms with Crippen LogP contribution in [0.5, 0.6) is 0 Å². The molecular formula is C67H54BF24NO. The Morgan fingerprint density at radius 3 is 0.979 bits per heavy atom. The molecule has 7 aromatic carbocycles. The molecule has 0 radical (unpaired) electrons. The monoisotopic (exact) mass is 1360 g/mol. The van der Waals surface area contributed by atoms with Gasteiger partial charge in [-0.2, -0.15) is 132 Å². The van der Waals surface area contributed by atoms with Crippen LogP contribution in [0.4, 0.5) is 105 Å². The molecule has 27 heteroatoms. The number of para-hydroxylation sites is 1. The van der Waals surface area contributed by atoms with Crippen LogP contribution in [0.1, 0.15) is 132 Å². The molecule has 1 aromatic heterocycles. The summed E-state index contributed by atoms with van der Waals surface area (Å²) in [5.41, 5.74) is -24.7. The molecule has 0 aliphatic carbocycles. The third-order valence-corrected chi connectivity index (χ3v) is 15.8. The van der Waals surface area contributed by atoms with Crippen molar-refractivity contribution in [3.63, 3.8) is 0 Å². The summed E-state index contributed by atoms with van der Waals surface area (Å²) in [4.78, 5) is 13.1. The average Bonchev–Trinajstić information content (AvgIpc) is 0.709. The molecule has 0 bridgehead atoms. The number of rotatable bonds is 19. The maximum absolute atomic E-state index is 14.2. The minimum absolute atomic E-state index is 0.126. The number of hydrogen-bond donors (Lipinski definition) is 0. The zero-order valence-electron chi connectivity index (χ0n) is 49.1. The zero-order chi connectivity index (χ0) is 69.6. The van der Waals surface area contributed by atoms with Gasteiger partial charge < -0.3 is 0 Å². The van der Waals surface area contributed by atoms with Crippen LogP contribution in [0.2, 0.25) is 0 Å². The predicted octanol–water partition coefficient (Wildman–Crippen LogP) is 20.4. The number of benzene rings is 7. The third-order valence-electron chi connectivity index (χ3n) is 15.8. The first-order valence-corrected chi connectivity index (χ1v) is 29.0. The first kappa shape index (κ1) is 73.4. The molecule has 1 heterocycles. The summed E-state index contributed by atoms with van der Waals surface area (Å²) < 4.78 is 343. The van der Waals surface area contributed by atoms with E-state index in [9.17, 15) is 110 Å². The Balaban J connectivity index is 0.000000290. The minimum atomic E-state index is -6.13. The molecule has 0 aliphatic rings. The van der Waals surface area contributed by atoms with E-state index in [1.54, 1.807) is 0 Å². The van der Waals surface area contributed by atoms with Gasteiger partial charge >= 0.3 is 49.4 Å². The van der Waals surface area contributed by atoms with Gasteiger partial charge in [-0.15, -0.1) is 0 Å². The molecular weight excluding hydrogens is 1300 g/mol. The summed E-state index contributed by atoms with van der Waals surface area (Å²) in [6.07, 6.45) is -40.0. The van der Waals surface area contributed by atoms with Crippen LogP contribution in [0.25, 0.3) is 22.2 Å². The van der Waals surface area contributed by atoms with Gasteiger partial charge in [-0.05, 0) is 66.9 Å². The van der Waals surface area contributed by atoms with Crippen LogP contribution >= 0.6 is 0 Å². The maximum atomic E-state index is 14.2. The lowest BCUT2D eigenvalue weighted by Gasteiger charge is -2.46. The molecule has 8 aromatic rings. The largest absolute Gasteiger partial charge is 0.416 e. The molecule has 0 aliphatic heterocycles. The highest BCUT2D eigenvalue weighted by atomic mass is 19.4. The van der Waals surface area contributed by atoms with Gasteiger partial charge in [-0.3, -0.25) is 4.79 Å². The van der Waals surface area contributed by atoms with Gasteiger partial charge in [0.1, 0.15) is 6.15 Å². The molecule has 0 spiro atoms. The first-order chi connectivity index (χ1) is 43.5. The number of Topliss-reactive ketones (excluding diaryl/α,β-unsaturated/α-hetero) is 1. The molecule has 504 valence electrons. The van der Waals surface area contributed by atoms with Crippen molar-refractivity contribution < 1.29 is 115 Å². The van der Waals surface area contributed by atoms with E-state index in [0.29, 0.717) is 6.54 Å². The fourth-order valence-electron chi connectivity index (χ4n) is 11.3. The number of unbranched alkanes of at least 4 members (excludes halogenated alkanes) is 9. The van der Waals surface area contributed by atoms with E-state index >= 15 is 0 Å². The van der Waals surface area contributed by atoms with Gasteiger partial charge in [0, 0.05) is 28.6 Å². The molecule has 0 atom stereocenters. The number of aromatic nitrogens is 1. The Bertz CT molecular complexity index is 3450. The molecule has 2 nitrogen and oxygen atoms in total. The summed E-state index contributed by atoms with van der Waals surface area (Å²) in [7, 11) is 0. The van der Waals surface area contributed by atoms with E-state index in [1.165, 1.54) is 69.8 Å². The van der Waals surface area contributed by atoms with Crippen LogP contribution in [0.15, 0.2) is 164 Å². The Kier molecular flexibility index (Phi) is 22.3. The number of alkyl halides is 24. The predicted molar refractivity (Wildman–Crippen MR) is 306 cm³/mol. The average molecular weight is 1360 g/mol. The number of carbonyl (C=O) groups is 1. The molecule has 8 rings (SSSR count). The van der Waals surface area contributed by atoms with Gasteiger partial charge in [0.15, 0.2) is 0 Å². The lowest BCUT2D eigenvalue weighted by Crippen LogP contribution is -2.75. The highest BCUT2D eigenvalue weighted by molar-refractivity contribution is 7.20. The SMILES string of the molecule is CCCCCCCCCCCCc1ccc(-c2ccc3ccccc3[n+]2CC(=O)c2ccccc2)cc1.FC(F)(F)c1cc([B-](c2cc(C(F)(F)F)cc(C(F)(F)F)c2)(c2cc(C(F)(F)F)cc(C(F)(F)F)c2)c2cc(C(F)(F)F)cc(C(F)(F)F)c2)cc(C(F)(F)F)c1. The molecule has 94 heavy (non-hydrogen) atoms. The number of fused-ring (bicyclic) bond motifs is 1. The quantitative estimate of drug-likeness (QED) is 0.0260. The summed E-state index contributed by atoms with van der Waals surface area (Å²) in [6, 6.07) is 22.4. The Hall–Kier alpha value is -8.00.